The summed E-state index contributed by atoms with van der Waals surface area (Å²) in [5.41, 5.74) is 1.75. The summed E-state index contributed by atoms with van der Waals surface area (Å²) >= 11 is 13.4. The summed E-state index contributed by atoms with van der Waals surface area (Å²) in [6.45, 7) is 0. The lowest BCUT2D eigenvalue weighted by atomic mass is 10.1. The summed E-state index contributed by atoms with van der Waals surface area (Å²) in [6, 6.07) is 1.77. The molecular formula is C10H9Cl2N3S. The van der Waals surface area contributed by atoms with Crippen LogP contribution in [0.1, 0.15) is 17.3 Å². The van der Waals surface area contributed by atoms with Crippen molar-refractivity contribution in [2.24, 2.45) is 0 Å². The summed E-state index contributed by atoms with van der Waals surface area (Å²) < 4.78 is 1.35. The van der Waals surface area contributed by atoms with Crippen LogP contribution in [-0.4, -0.2) is 17.0 Å². The third-order valence-corrected chi connectivity index (χ3v) is 3.68. The highest BCUT2D eigenvalue weighted by molar-refractivity contribution is 7.20. The fourth-order valence-electron chi connectivity index (χ4n) is 1.47. The fourth-order valence-corrected chi connectivity index (χ4v) is 3.00. The number of hydrogen-bond acceptors (Lipinski definition) is 4. The molecule has 0 fully saturated rings. The van der Waals surface area contributed by atoms with E-state index in [9.17, 15) is 0 Å². The lowest BCUT2D eigenvalue weighted by molar-refractivity contribution is 0.669. The molecule has 2 aromatic heterocycles. The van der Waals surface area contributed by atoms with E-state index in [1.165, 1.54) is 11.3 Å². The largest absolute Gasteiger partial charge is 0.308 e. The smallest absolute Gasteiger partial charge is 0.0996 e. The molecule has 0 radical (unpaired) electrons. The maximum absolute atomic E-state index is 6.11. The van der Waals surface area contributed by atoms with Gasteiger partial charge in [-0.3, -0.25) is 9.97 Å². The number of halogens is 2. The monoisotopic (exact) mass is 273 g/mol. The maximum atomic E-state index is 6.11. The minimum absolute atomic E-state index is 0.0788. The zero-order valence-corrected chi connectivity index (χ0v) is 10.8. The highest BCUT2D eigenvalue weighted by Crippen LogP contribution is 2.36. The van der Waals surface area contributed by atoms with Crippen molar-refractivity contribution in [3.8, 4) is 0 Å². The molecule has 2 aromatic rings. The standard InChI is InChI=1S/C10H9Cl2N3S/c1-13-9(7-5-14-2-3-15-7)6-4-8(11)16-10(6)12/h2-5,9,13H,1H3. The highest BCUT2D eigenvalue weighted by Gasteiger charge is 2.18. The first kappa shape index (κ1) is 11.8. The van der Waals surface area contributed by atoms with Crippen LogP contribution in [0.5, 0.6) is 0 Å². The second-order valence-electron chi connectivity index (χ2n) is 3.13. The Bertz CT molecular complexity index is 472. The van der Waals surface area contributed by atoms with Gasteiger partial charge in [0, 0.05) is 18.0 Å². The van der Waals surface area contributed by atoms with Gasteiger partial charge in [-0.2, -0.15) is 0 Å². The molecule has 3 nitrogen and oxygen atoms in total. The Labute approximate surface area is 107 Å². The SMILES string of the molecule is CNC(c1cnccn1)c1cc(Cl)sc1Cl. The number of thiophene rings is 1. The summed E-state index contributed by atoms with van der Waals surface area (Å²) in [7, 11) is 1.85. The lowest BCUT2D eigenvalue weighted by Crippen LogP contribution is -2.18. The van der Waals surface area contributed by atoms with Crippen molar-refractivity contribution < 1.29 is 0 Å². The molecule has 0 aliphatic heterocycles. The van der Waals surface area contributed by atoms with Gasteiger partial charge in [-0.25, -0.2) is 0 Å². The Kier molecular flexibility index (Phi) is 3.76. The molecule has 1 atom stereocenters. The van der Waals surface area contributed by atoms with Crippen LogP contribution >= 0.6 is 34.5 Å². The predicted octanol–water partition coefficient (Wildman–Crippen LogP) is 3.15. The van der Waals surface area contributed by atoms with Crippen molar-refractivity contribution in [3.05, 3.63) is 44.6 Å². The minimum Gasteiger partial charge on any atom is -0.308 e. The van der Waals surface area contributed by atoms with Gasteiger partial charge < -0.3 is 5.32 Å². The predicted molar refractivity (Wildman–Crippen MR) is 67.3 cm³/mol. The van der Waals surface area contributed by atoms with Crippen molar-refractivity contribution in [3.63, 3.8) is 0 Å². The summed E-state index contributed by atoms with van der Waals surface area (Å²) in [4.78, 5) is 8.29. The normalized spacial score (nSPS) is 12.7. The second kappa shape index (κ2) is 5.10. The third-order valence-electron chi connectivity index (χ3n) is 2.16. The molecule has 1 N–H and O–H groups in total. The molecule has 1 unspecified atom stereocenters. The first-order chi connectivity index (χ1) is 7.72. The zero-order chi connectivity index (χ0) is 11.5. The van der Waals surface area contributed by atoms with Crippen LogP contribution in [0.15, 0.2) is 24.7 Å². The van der Waals surface area contributed by atoms with Gasteiger partial charge in [-0.15, -0.1) is 11.3 Å². The molecule has 0 bridgehead atoms. The summed E-state index contributed by atoms with van der Waals surface area (Å²) in [5.74, 6) is 0. The van der Waals surface area contributed by atoms with E-state index >= 15 is 0 Å². The molecule has 0 aromatic carbocycles. The van der Waals surface area contributed by atoms with Crippen molar-refractivity contribution in [2.75, 3.05) is 7.05 Å². The molecule has 84 valence electrons. The topological polar surface area (TPSA) is 37.8 Å². The summed E-state index contributed by atoms with van der Waals surface area (Å²) in [5, 5.41) is 3.15. The second-order valence-corrected chi connectivity index (χ2v) is 5.42. The van der Waals surface area contributed by atoms with E-state index in [0.29, 0.717) is 8.67 Å². The van der Waals surface area contributed by atoms with Gasteiger partial charge >= 0.3 is 0 Å². The first-order valence-electron chi connectivity index (χ1n) is 4.60. The number of aromatic nitrogens is 2. The molecule has 6 heteroatoms. The van der Waals surface area contributed by atoms with Crippen LogP contribution in [0.3, 0.4) is 0 Å². The van der Waals surface area contributed by atoms with Crippen LogP contribution in [-0.2, 0) is 0 Å². The molecule has 0 saturated heterocycles. The molecule has 2 heterocycles. The number of nitrogens with zero attached hydrogens (tertiary/aromatic N) is 2. The maximum Gasteiger partial charge on any atom is 0.0996 e. The van der Waals surface area contributed by atoms with Crippen molar-refractivity contribution in [1.29, 1.82) is 0 Å². The van der Waals surface area contributed by atoms with Gasteiger partial charge in [0.2, 0.25) is 0 Å². The van der Waals surface area contributed by atoms with Crippen LogP contribution in [0.4, 0.5) is 0 Å². The van der Waals surface area contributed by atoms with E-state index in [1.54, 1.807) is 18.6 Å². The highest BCUT2D eigenvalue weighted by atomic mass is 35.5. The van der Waals surface area contributed by atoms with E-state index in [4.69, 9.17) is 23.2 Å². The van der Waals surface area contributed by atoms with E-state index in [1.807, 2.05) is 13.1 Å². The zero-order valence-electron chi connectivity index (χ0n) is 8.45. The van der Waals surface area contributed by atoms with E-state index in [0.717, 1.165) is 11.3 Å². The molecule has 0 spiro atoms. The average Bonchev–Trinajstić information content (AvgIpc) is 2.61. The van der Waals surface area contributed by atoms with Crippen molar-refractivity contribution >= 4 is 34.5 Å². The number of hydrogen-bond donors (Lipinski definition) is 1. The Hall–Kier alpha value is -0.680. The van der Waals surface area contributed by atoms with Crippen molar-refractivity contribution in [2.45, 2.75) is 6.04 Å². The van der Waals surface area contributed by atoms with Crippen LogP contribution in [0, 0.1) is 0 Å². The Morgan fingerprint density at radius 2 is 2.19 bits per heavy atom. The molecule has 16 heavy (non-hydrogen) atoms. The quantitative estimate of drug-likeness (QED) is 0.934. The van der Waals surface area contributed by atoms with Crippen molar-refractivity contribution in [1.82, 2.24) is 15.3 Å². The number of rotatable bonds is 3. The average molecular weight is 274 g/mol. The van der Waals surface area contributed by atoms with Gasteiger partial charge in [0.25, 0.3) is 0 Å². The van der Waals surface area contributed by atoms with Gasteiger partial charge in [0.1, 0.15) is 0 Å². The summed E-state index contributed by atoms with van der Waals surface area (Å²) in [6.07, 6.45) is 5.00. The molecule has 2 rings (SSSR count). The lowest BCUT2D eigenvalue weighted by Gasteiger charge is -2.14. The fraction of sp³-hybridized carbons (Fsp3) is 0.200. The van der Waals surface area contributed by atoms with Gasteiger partial charge in [-0.1, -0.05) is 23.2 Å². The molecular weight excluding hydrogens is 265 g/mol. The van der Waals surface area contributed by atoms with Gasteiger partial charge in [0.05, 0.1) is 26.6 Å². The Morgan fingerprint density at radius 3 is 2.69 bits per heavy atom. The van der Waals surface area contributed by atoms with E-state index in [2.05, 4.69) is 15.3 Å². The van der Waals surface area contributed by atoms with E-state index in [-0.39, 0.29) is 6.04 Å². The first-order valence-corrected chi connectivity index (χ1v) is 6.17. The minimum atomic E-state index is -0.0788. The molecule has 0 amide bonds. The van der Waals surface area contributed by atoms with Gasteiger partial charge in [-0.05, 0) is 13.1 Å². The van der Waals surface area contributed by atoms with E-state index < -0.39 is 0 Å². The molecule has 0 aliphatic carbocycles. The Morgan fingerprint density at radius 1 is 1.38 bits per heavy atom. The van der Waals surface area contributed by atoms with Crippen LogP contribution < -0.4 is 5.32 Å². The van der Waals surface area contributed by atoms with Crippen LogP contribution in [0.2, 0.25) is 8.67 Å². The molecule has 0 aliphatic rings. The Balaban J connectivity index is 2.40. The third kappa shape index (κ3) is 2.35. The van der Waals surface area contributed by atoms with Gasteiger partial charge in [0.15, 0.2) is 0 Å². The molecule has 0 saturated carbocycles. The van der Waals surface area contributed by atoms with Crippen LogP contribution in [0.25, 0.3) is 0 Å². The number of nitrogens with one attached hydrogen (secondary N) is 1.